The molecular weight excluding hydrogens is 432 g/mol. The van der Waals surface area contributed by atoms with Crippen molar-refractivity contribution in [2.75, 3.05) is 7.11 Å². The number of ether oxygens (including phenoxy) is 1. The van der Waals surface area contributed by atoms with Gasteiger partial charge in [0.15, 0.2) is 0 Å². The fourth-order valence-electron chi connectivity index (χ4n) is 2.83. The monoisotopic (exact) mass is 450 g/mol. The molecule has 0 radical (unpaired) electrons. The minimum atomic E-state index is -3.87. The van der Waals surface area contributed by atoms with E-state index in [1.165, 1.54) is 19.2 Å². The van der Waals surface area contributed by atoms with Gasteiger partial charge in [0.2, 0.25) is 10.0 Å². The maximum Gasteiger partial charge on any atom is 0.324 e. The smallest absolute Gasteiger partial charge is 0.324 e. The first kappa shape index (κ1) is 19.6. The van der Waals surface area contributed by atoms with Crippen molar-refractivity contribution in [3.8, 4) is 0 Å². The highest BCUT2D eigenvalue weighted by Crippen LogP contribution is 2.24. The van der Waals surface area contributed by atoms with E-state index in [1.54, 1.807) is 18.3 Å². The summed E-state index contributed by atoms with van der Waals surface area (Å²) in [5.74, 6) is -0.643. The number of benzene rings is 2. The molecule has 0 aliphatic rings. The zero-order chi connectivity index (χ0) is 19.6. The van der Waals surface area contributed by atoms with Crippen LogP contribution in [0.1, 0.15) is 11.1 Å². The summed E-state index contributed by atoms with van der Waals surface area (Å²) in [5.41, 5.74) is 2.66. The number of hydrogen-bond donors (Lipinski definition) is 2. The maximum atomic E-state index is 12.7. The molecule has 0 saturated heterocycles. The van der Waals surface area contributed by atoms with Crippen LogP contribution in [0.15, 0.2) is 58.0 Å². The summed E-state index contributed by atoms with van der Waals surface area (Å²) in [6.07, 6.45) is 1.93. The van der Waals surface area contributed by atoms with Gasteiger partial charge in [-0.1, -0.05) is 33.6 Å². The third kappa shape index (κ3) is 4.40. The molecule has 27 heavy (non-hydrogen) atoms. The Hall–Kier alpha value is -2.16. The van der Waals surface area contributed by atoms with E-state index in [-0.39, 0.29) is 11.3 Å². The Balaban J connectivity index is 1.91. The lowest BCUT2D eigenvalue weighted by atomic mass is 10.1. The minimum absolute atomic E-state index is 0.101. The zero-order valence-corrected chi connectivity index (χ0v) is 17.2. The number of sulfonamides is 1. The molecule has 3 aromatic rings. The second-order valence-corrected chi connectivity index (χ2v) is 8.85. The lowest BCUT2D eigenvalue weighted by Gasteiger charge is -2.16. The number of fused-ring (bicyclic) bond motifs is 1. The SMILES string of the molecule is COC(=O)C(Cc1c[nH]c2ccc(Br)cc12)NS(=O)(=O)c1ccc(C)cc1. The first-order chi connectivity index (χ1) is 12.8. The summed E-state index contributed by atoms with van der Waals surface area (Å²) in [6.45, 7) is 1.87. The molecule has 0 saturated carbocycles. The van der Waals surface area contributed by atoms with Crippen molar-refractivity contribution in [1.82, 2.24) is 9.71 Å². The Labute approximate surface area is 166 Å². The molecular formula is C19H19BrN2O4S. The summed E-state index contributed by atoms with van der Waals surface area (Å²) in [4.78, 5) is 15.5. The van der Waals surface area contributed by atoms with Crippen LogP contribution in [0.4, 0.5) is 0 Å². The van der Waals surface area contributed by atoms with Crippen molar-refractivity contribution in [3.05, 3.63) is 64.3 Å². The van der Waals surface area contributed by atoms with Gasteiger partial charge in [-0.2, -0.15) is 4.72 Å². The van der Waals surface area contributed by atoms with Crippen molar-refractivity contribution in [2.45, 2.75) is 24.3 Å². The van der Waals surface area contributed by atoms with Crippen molar-refractivity contribution >= 4 is 42.8 Å². The predicted octanol–water partition coefficient (Wildman–Crippen LogP) is 3.30. The fourth-order valence-corrected chi connectivity index (χ4v) is 4.37. The van der Waals surface area contributed by atoms with E-state index in [2.05, 4.69) is 25.6 Å². The number of methoxy groups -OCH3 is 1. The van der Waals surface area contributed by atoms with Gasteiger partial charge in [-0.05, 0) is 42.8 Å². The predicted molar refractivity (Wildman–Crippen MR) is 107 cm³/mol. The highest BCUT2D eigenvalue weighted by atomic mass is 79.9. The van der Waals surface area contributed by atoms with Crippen LogP contribution < -0.4 is 4.72 Å². The minimum Gasteiger partial charge on any atom is -0.468 e. The highest BCUT2D eigenvalue weighted by Gasteiger charge is 2.27. The van der Waals surface area contributed by atoms with Crippen LogP contribution in [0.5, 0.6) is 0 Å². The van der Waals surface area contributed by atoms with E-state index in [0.29, 0.717) is 0 Å². The summed E-state index contributed by atoms with van der Waals surface area (Å²) in [6, 6.07) is 11.1. The Morgan fingerprint density at radius 3 is 2.59 bits per heavy atom. The van der Waals surface area contributed by atoms with E-state index in [0.717, 1.165) is 26.5 Å². The van der Waals surface area contributed by atoms with Gasteiger partial charge in [0.1, 0.15) is 6.04 Å². The average Bonchev–Trinajstić information content (AvgIpc) is 3.02. The molecule has 2 N–H and O–H groups in total. The molecule has 0 bridgehead atoms. The van der Waals surface area contributed by atoms with Crippen LogP contribution in [-0.2, 0) is 26.0 Å². The Bertz CT molecular complexity index is 1070. The second kappa shape index (κ2) is 7.84. The van der Waals surface area contributed by atoms with Crippen LogP contribution in [0.2, 0.25) is 0 Å². The molecule has 6 nitrogen and oxygen atoms in total. The fraction of sp³-hybridized carbons (Fsp3) is 0.211. The van der Waals surface area contributed by atoms with Crippen LogP contribution >= 0.6 is 15.9 Å². The number of nitrogens with one attached hydrogen (secondary N) is 2. The lowest BCUT2D eigenvalue weighted by molar-refractivity contribution is -0.142. The van der Waals surface area contributed by atoms with Crippen molar-refractivity contribution < 1.29 is 17.9 Å². The van der Waals surface area contributed by atoms with Crippen LogP contribution in [0.25, 0.3) is 10.9 Å². The van der Waals surface area contributed by atoms with Gasteiger partial charge in [0, 0.05) is 28.0 Å². The average molecular weight is 451 g/mol. The molecule has 3 rings (SSSR count). The quantitative estimate of drug-likeness (QED) is 0.563. The Kier molecular flexibility index (Phi) is 5.69. The highest BCUT2D eigenvalue weighted by molar-refractivity contribution is 9.10. The molecule has 8 heteroatoms. The molecule has 2 aromatic carbocycles. The molecule has 0 aliphatic carbocycles. The largest absolute Gasteiger partial charge is 0.468 e. The molecule has 1 heterocycles. The van der Waals surface area contributed by atoms with Crippen LogP contribution in [0.3, 0.4) is 0 Å². The number of hydrogen-bond acceptors (Lipinski definition) is 4. The molecule has 0 fully saturated rings. The van der Waals surface area contributed by atoms with E-state index in [4.69, 9.17) is 4.74 Å². The van der Waals surface area contributed by atoms with Gasteiger partial charge >= 0.3 is 5.97 Å². The third-order valence-corrected chi connectivity index (χ3v) is 6.25. The van der Waals surface area contributed by atoms with E-state index < -0.39 is 22.0 Å². The molecule has 0 spiro atoms. The van der Waals surface area contributed by atoms with Crippen molar-refractivity contribution in [3.63, 3.8) is 0 Å². The molecule has 1 atom stereocenters. The Morgan fingerprint density at radius 2 is 1.93 bits per heavy atom. The molecule has 1 unspecified atom stereocenters. The topological polar surface area (TPSA) is 88.3 Å². The third-order valence-electron chi connectivity index (χ3n) is 4.27. The molecule has 142 valence electrons. The van der Waals surface area contributed by atoms with Gasteiger partial charge in [0.05, 0.1) is 12.0 Å². The first-order valence-corrected chi connectivity index (χ1v) is 10.5. The lowest BCUT2D eigenvalue weighted by Crippen LogP contribution is -2.42. The first-order valence-electron chi connectivity index (χ1n) is 8.22. The van der Waals surface area contributed by atoms with Gasteiger partial charge in [-0.3, -0.25) is 4.79 Å². The number of carbonyl (C=O) groups is 1. The van der Waals surface area contributed by atoms with Crippen LogP contribution in [-0.4, -0.2) is 32.5 Å². The summed E-state index contributed by atoms with van der Waals surface area (Å²) < 4.78 is 33.5. The maximum absolute atomic E-state index is 12.7. The summed E-state index contributed by atoms with van der Waals surface area (Å²) in [7, 11) is -2.63. The van der Waals surface area contributed by atoms with Gasteiger partial charge in [-0.15, -0.1) is 0 Å². The van der Waals surface area contributed by atoms with Crippen LogP contribution in [0, 0.1) is 6.92 Å². The van der Waals surface area contributed by atoms with E-state index in [9.17, 15) is 13.2 Å². The van der Waals surface area contributed by atoms with Gasteiger partial charge < -0.3 is 9.72 Å². The summed E-state index contributed by atoms with van der Waals surface area (Å²) in [5, 5.41) is 0.910. The standard InChI is InChI=1S/C19H19BrN2O4S/c1-12-3-6-15(7-4-12)27(24,25)22-18(19(23)26-2)9-13-11-21-17-8-5-14(20)10-16(13)17/h3-8,10-11,18,21-22H,9H2,1-2H3. The van der Waals surface area contributed by atoms with Gasteiger partial charge in [-0.25, -0.2) is 8.42 Å². The number of aromatic nitrogens is 1. The number of halogens is 1. The normalized spacial score (nSPS) is 12.9. The summed E-state index contributed by atoms with van der Waals surface area (Å²) >= 11 is 3.43. The number of rotatable bonds is 6. The number of carbonyl (C=O) groups excluding carboxylic acids is 1. The number of H-pyrrole nitrogens is 1. The van der Waals surface area contributed by atoms with E-state index >= 15 is 0 Å². The van der Waals surface area contributed by atoms with E-state index in [1.807, 2.05) is 25.1 Å². The number of aryl methyl sites for hydroxylation is 1. The second-order valence-electron chi connectivity index (χ2n) is 6.22. The Morgan fingerprint density at radius 1 is 1.22 bits per heavy atom. The van der Waals surface area contributed by atoms with Crippen molar-refractivity contribution in [2.24, 2.45) is 0 Å². The number of aromatic amines is 1. The molecule has 0 amide bonds. The molecule has 1 aromatic heterocycles. The number of esters is 1. The van der Waals surface area contributed by atoms with Crippen molar-refractivity contribution in [1.29, 1.82) is 0 Å². The zero-order valence-electron chi connectivity index (χ0n) is 14.8. The van der Waals surface area contributed by atoms with Gasteiger partial charge in [0.25, 0.3) is 0 Å². The molecule has 0 aliphatic heterocycles.